The van der Waals surface area contributed by atoms with Crippen LogP contribution in [0.2, 0.25) is 0 Å². The lowest BCUT2D eigenvalue weighted by molar-refractivity contribution is -0.235. The molecule has 2 aromatic rings. The second-order valence-corrected chi connectivity index (χ2v) is 20.3. The van der Waals surface area contributed by atoms with Crippen LogP contribution in [0.1, 0.15) is 126 Å². The second-order valence-electron chi connectivity index (χ2n) is 15.8. The fourth-order valence-electron chi connectivity index (χ4n) is 6.49. The zero-order chi connectivity index (χ0) is 41.8. The molecule has 1 aromatic carbocycles. The number of ether oxygens (including phenoxy) is 3. The molecular weight excluding hydrogens is 779 g/mol. The molecule has 3 heterocycles. The van der Waals surface area contributed by atoms with Gasteiger partial charge in [0.1, 0.15) is 6.10 Å². The number of H-pyrrole nitrogens is 1. The average molecular weight is 844 g/mol. The molecule has 0 saturated carbocycles. The van der Waals surface area contributed by atoms with E-state index in [1.54, 1.807) is 21.6 Å². The molecule has 1 aromatic heterocycles. The predicted octanol–water partition coefficient (Wildman–Crippen LogP) is 8.43. The average Bonchev–Trinajstić information content (AvgIpc) is 3.49. The third-order valence-electron chi connectivity index (χ3n) is 10.2. The van der Waals surface area contributed by atoms with E-state index in [-0.39, 0.29) is 41.3 Å². The number of aromatic nitrogens is 2. The van der Waals surface area contributed by atoms with Gasteiger partial charge in [-0.3, -0.25) is 19.1 Å². The molecule has 2 N–H and O–H groups in total. The van der Waals surface area contributed by atoms with Gasteiger partial charge >= 0.3 is 5.69 Å². The van der Waals surface area contributed by atoms with E-state index in [1.165, 1.54) is 6.20 Å². The van der Waals surface area contributed by atoms with E-state index in [4.69, 9.17) is 24.6 Å². The van der Waals surface area contributed by atoms with Gasteiger partial charge in [0.2, 0.25) is 5.91 Å². The normalized spacial score (nSPS) is 22.5. The quantitative estimate of drug-likeness (QED) is 0.0673. The minimum absolute atomic E-state index is 0.0259. The lowest BCUT2D eigenvalue weighted by Gasteiger charge is -2.39. The maximum atomic E-state index is 15.9. The van der Waals surface area contributed by atoms with E-state index in [0.717, 1.165) is 59.6 Å². The Hall–Kier alpha value is -1.81. The summed E-state index contributed by atoms with van der Waals surface area (Å²) in [6, 6.07) is 9.25. The highest BCUT2D eigenvalue weighted by Gasteiger charge is 2.48. The molecule has 1 amide bonds. The van der Waals surface area contributed by atoms with Crippen molar-refractivity contribution in [2.24, 2.45) is 5.41 Å². The van der Waals surface area contributed by atoms with Crippen molar-refractivity contribution in [3.05, 3.63) is 68.5 Å². The molecule has 2 aliphatic rings. The molecule has 0 aliphatic carbocycles. The largest absolute Gasteiger partial charge is 0.352 e. The van der Waals surface area contributed by atoms with Crippen LogP contribution in [0.3, 0.4) is 0 Å². The number of carbonyl (C=O) groups excluding carboxylic acids is 1. The Labute approximate surface area is 342 Å². The first-order chi connectivity index (χ1) is 27.1. The van der Waals surface area contributed by atoms with Crippen LogP contribution in [0.4, 0.5) is 4.39 Å². The minimum Gasteiger partial charge on any atom is -0.352 e. The molecule has 316 valence electrons. The first kappa shape index (κ1) is 45.3. The third kappa shape index (κ3) is 13.4. The molecule has 5 atom stereocenters. The van der Waals surface area contributed by atoms with Crippen LogP contribution in [0.5, 0.6) is 0 Å². The first-order valence-electron chi connectivity index (χ1n) is 20.5. The molecule has 0 spiro atoms. The van der Waals surface area contributed by atoms with E-state index in [0.29, 0.717) is 32.8 Å². The number of unbranched alkanes of at least 4 members (excludes halogenated alkanes) is 1. The molecule has 2 fully saturated rings. The van der Waals surface area contributed by atoms with Crippen molar-refractivity contribution in [2.45, 2.75) is 155 Å². The summed E-state index contributed by atoms with van der Waals surface area (Å²) in [6.07, 6.45) is 0.571. The number of nitrogens with one attached hydrogen (secondary N) is 2. The number of hydrogen-bond donors (Lipinski definition) is 2. The van der Waals surface area contributed by atoms with Gasteiger partial charge < -0.3 is 28.6 Å². The Kier molecular flexibility index (Phi) is 17.8. The summed E-state index contributed by atoms with van der Waals surface area (Å²) in [6.45, 7) is 18.8. The summed E-state index contributed by atoms with van der Waals surface area (Å²) in [4.78, 5) is 38.8. The zero-order valence-corrected chi connectivity index (χ0v) is 36.8. The SMILES string of the molecule is [2H]C[C@H]1O[C@@H](n2ccc(=O)[nH]c2=O)[C@@H](F)C1OP(OCCCCSSC(C)(C)CCC(=O)NCc1ccc(C2OCC(CC)(CC)CO2)cc1)N(C(C)C)C(C)C. The standard InChI is InChI=1S/C40H64FN4O8PS2/c1-10-40(11-2)25-49-37(50-26-40)31-16-14-30(15-17-31)24-42-32(46)18-20-39(8,9)56-55-23-13-12-22-51-54(45(27(3)4)28(5)6)53-35-29(7)52-36(34(35)41)44-21-19-33(47)43-38(44)48/h14-17,19,21,27-29,34-37H,10-13,18,20,22-26H2,1-9H3,(H,42,46)(H,43,47,48)/t29-,34+,35?,36-,54?/m1/s1/i7D. The number of alkyl halides is 1. The van der Waals surface area contributed by atoms with Crippen LogP contribution in [0.15, 0.2) is 46.1 Å². The van der Waals surface area contributed by atoms with E-state index < -0.39 is 44.4 Å². The van der Waals surface area contributed by atoms with Gasteiger partial charge in [0, 0.05) is 60.2 Å². The van der Waals surface area contributed by atoms with Gasteiger partial charge in [-0.1, -0.05) is 59.7 Å². The van der Waals surface area contributed by atoms with Crippen molar-refractivity contribution in [3.63, 3.8) is 0 Å². The van der Waals surface area contributed by atoms with Crippen molar-refractivity contribution >= 4 is 36.0 Å². The number of benzene rings is 1. The van der Waals surface area contributed by atoms with Crippen molar-refractivity contribution in [2.75, 3.05) is 25.6 Å². The highest BCUT2D eigenvalue weighted by atomic mass is 33.1. The number of nitrogens with zero attached hydrogens (tertiary/aromatic N) is 2. The Morgan fingerprint density at radius 2 is 1.80 bits per heavy atom. The van der Waals surface area contributed by atoms with Crippen molar-refractivity contribution in [1.29, 1.82) is 0 Å². The van der Waals surface area contributed by atoms with Gasteiger partial charge in [-0.2, -0.15) is 0 Å². The van der Waals surface area contributed by atoms with Gasteiger partial charge in [-0.25, -0.2) is 13.9 Å². The highest BCUT2D eigenvalue weighted by molar-refractivity contribution is 8.77. The summed E-state index contributed by atoms with van der Waals surface area (Å²) < 4.78 is 57.5. The van der Waals surface area contributed by atoms with Crippen molar-refractivity contribution < 1.29 is 33.8 Å². The molecule has 4 rings (SSSR count). The summed E-state index contributed by atoms with van der Waals surface area (Å²) in [5.41, 5.74) is 0.730. The van der Waals surface area contributed by atoms with Crippen LogP contribution in [-0.2, 0) is 34.6 Å². The summed E-state index contributed by atoms with van der Waals surface area (Å²) >= 11 is 0. The van der Waals surface area contributed by atoms with E-state index in [2.05, 4.69) is 42.7 Å². The van der Waals surface area contributed by atoms with E-state index in [1.807, 2.05) is 52.0 Å². The predicted molar refractivity (Wildman–Crippen MR) is 224 cm³/mol. The number of aromatic amines is 1. The monoisotopic (exact) mass is 843 g/mol. The maximum absolute atomic E-state index is 15.9. The van der Waals surface area contributed by atoms with Crippen molar-refractivity contribution in [1.82, 2.24) is 19.5 Å². The van der Waals surface area contributed by atoms with Gasteiger partial charge in [-0.15, -0.1) is 0 Å². The highest BCUT2D eigenvalue weighted by Crippen LogP contribution is 2.50. The molecule has 0 radical (unpaired) electrons. The second kappa shape index (κ2) is 22.0. The summed E-state index contributed by atoms with van der Waals surface area (Å²) in [5, 5.41) is 3.06. The van der Waals surface area contributed by atoms with Crippen LogP contribution in [0, 0.1) is 5.41 Å². The lowest BCUT2D eigenvalue weighted by Crippen LogP contribution is -2.38. The number of halogens is 1. The fraction of sp³-hybridized carbons (Fsp3) is 0.725. The van der Waals surface area contributed by atoms with Crippen LogP contribution in [-0.4, -0.2) is 80.9 Å². The van der Waals surface area contributed by atoms with Crippen LogP contribution >= 0.6 is 30.1 Å². The fourth-order valence-corrected chi connectivity index (χ4v) is 11.0. The molecule has 56 heavy (non-hydrogen) atoms. The summed E-state index contributed by atoms with van der Waals surface area (Å²) in [5.74, 6) is 0.920. The number of carbonyl (C=O) groups is 1. The molecule has 2 saturated heterocycles. The Balaban J connectivity index is 1.16. The Bertz CT molecular complexity index is 1630. The molecule has 2 aliphatic heterocycles. The van der Waals surface area contributed by atoms with Gasteiger partial charge in [0.05, 0.1) is 25.9 Å². The smallest absolute Gasteiger partial charge is 0.330 e. The number of rotatable bonds is 22. The van der Waals surface area contributed by atoms with Gasteiger partial charge in [-0.05, 0) is 86.1 Å². The maximum Gasteiger partial charge on any atom is 0.330 e. The molecule has 12 nitrogen and oxygen atoms in total. The Morgan fingerprint density at radius 3 is 2.41 bits per heavy atom. The van der Waals surface area contributed by atoms with E-state index in [9.17, 15) is 14.4 Å². The molecule has 2 unspecified atom stereocenters. The molecule has 16 heteroatoms. The first-order valence-corrected chi connectivity index (χ1v) is 23.2. The van der Waals surface area contributed by atoms with Crippen molar-refractivity contribution in [3.8, 4) is 0 Å². The van der Waals surface area contributed by atoms with Crippen LogP contribution < -0.4 is 16.6 Å². The third-order valence-corrected chi connectivity index (χ3v) is 15.8. The lowest BCUT2D eigenvalue weighted by atomic mass is 9.83. The summed E-state index contributed by atoms with van der Waals surface area (Å²) in [7, 11) is 1.83. The number of hydrogen-bond acceptors (Lipinski definition) is 11. The topological polar surface area (TPSA) is 133 Å². The van der Waals surface area contributed by atoms with Gasteiger partial charge in [0.15, 0.2) is 18.7 Å². The van der Waals surface area contributed by atoms with E-state index >= 15 is 4.39 Å². The Morgan fingerprint density at radius 1 is 1.12 bits per heavy atom. The molecular formula is C40H64FN4O8PS2. The zero-order valence-electron chi connectivity index (χ0n) is 35.3. The molecule has 0 bridgehead atoms. The van der Waals surface area contributed by atoms with Gasteiger partial charge in [0.25, 0.3) is 14.1 Å². The minimum atomic E-state index is -1.76. The number of amides is 1. The van der Waals surface area contributed by atoms with Crippen LogP contribution in [0.25, 0.3) is 0 Å².